The third-order valence-electron chi connectivity index (χ3n) is 5.08. The zero-order valence-electron chi connectivity index (χ0n) is 15.1. The molecule has 0 bridgehead atoms. The van der Waals surface area contributed by atoms with E-state index in [4.69, 9.17) is 0 Å². The Morgan fingerprint density at radius 1 is 1.17 bits per heavy atom. The molecule has 2 aromatic rings. The molecule has 0 aromatic heterocycles. The van der Waals surface area contributed by atoms with Gasteiger partial charge in [0.15, 0.2) is 0 Å². The van der Waals surface area contributed by atoms with E-state index in [2.05, 4.69) is 77.7 Å². The highest BCUT2D eigenvalue weighted by Crippen LogP contribution is 2.35. The second-order valence-electron chi connectivity index (χ2n) is 6.90. The lowest BCUT2D eigenvalue weighted by Gasteiger charge is -2.23. The fraction of sp³-hybridized carbons (Fsp3) is 0.429. The van der Waals surface area contributed by atoms with Crippen LogP contribution in [0.25, 0.3) is 0 Å². The van der Waals surface area contributed by atoms with Crippen LogP contribution in [-0.4, -0.2) is 45.7 Å². The fourth-order valence-electron chi connectivity index (χ4n) is 3.62. The molecule has 3 heteroatoms. The van der Waals surface area contributed by atoms with E-state index in [1.807, 2.05) is 7.05 Å². The Hall–Kier alpha value is -1.84. The predicted molar refractivity (Wildman–Crippen MR) is 103 cm³/mol. The summed E-state index contributed by atoms with van der Waals surface area (Å²) < 4.78 is 0. The highest BCUT2D eigenvalue weighted by molar-refractivity contribution is 5.53. The van der Waals surface area contributed by atoms with Gasteiger partial charge in [-0.1, -0.05) is 36.4 Å². The van der Waals surface area contributed by atoms with Crippen molar-refractivity contribution >= 4 is 5.69 Å². The summed E-state index contributed by atoms with van der Waals surface area (Å²) in [4.78, 5) is 4.78. The maximum Gasteiger partial charge on any atom is 0.0367 e. The van der Waals surface area contributed by atoms with Crippen molar-refractivity contribution in [1.82, 2.24) is 10.2 Å². The number of hydrogen-bond acceptors (Lipinski definition) is 3. The molecule has 1 aliphatic rings. The van der Waals surface area contributed by atoms with E-state index in [1.165, 1.54) is 28.8 Å². The molecule has 0 saturated carbocycles. The van der Waals surface area contributed by atoms with Crippen LogP contribution in [-0.2, 0) is 6.54 Å². The largest absolute Gasteiger partial charge is 0.373 e. The number of nitrogens with one attached hydrogen (secondary N) is 1. The summed E-state index contributed by atoms with van der Waals surface area (Å²) in [6, 6.07) is 18.0. The number of fused-ring (bicyclic) bond motifs is 1. The summed E-state index contributed by atoms with van der Waals surface area (Å²) in [5.41, 5.74) is 5.71. The second kappa shape index (κ2) is 7.82. The van der Waals surface area contributed by atoms with Gasteiger partial charge in [-0.25, -0.2) is 0 Å². The molecule has 1 aliphatic heterocycles. The minimum absolute atomic E-state index is 0.503. The standard InChI is InChI=1S/C21H29N3/c1-22-12-14-24(3)19-9-10-20-18(15-19)16-23(2)13-11-21(20)17-7-5-4-6-8-17/h4-10,15,21-22H,11-14,16H2,1-3H3. The van der Waals surface area contributed by atoms with Gasteiger partial charge < -0.3 is 15.1 Å². The van der Waals surface area contributed by atoms with Crippen molar-refractivity contribution in [1.29, 1.82) is 0 Å². The van der Waals surface area contributed by atoms with E-state index >= 15 is 0 Å². The lowest BCUT2D eigenvalue weighted by molar-refractivity contribution is 0.328. The number of benzene rings is 2. The van der Waals surface area contributed by atoms with Crippen LogP contribution in [0.1, 0.15) is 29.0 Å². The third kappa shape index (κ3) is 3.80. The Labute approximate surface area is 146 Å². The van der Waals surface area contributed by atoms with Crippen molar-refractivity contribution in [3.8, 4) is 0 Å². The SMILES string of the molecule is CNCCN(C)c1ccc2c(c1)CN(C)CCC2c1ccccc1. The van der Waals surface area contributed by atoms with Gasteiger partial charge in [-0.15, -0.1) is 0 Å². The normalized spacial score (nSPS) is 18.0. The minimum Gasteiger partial charge on any atom is -0.373 e. The number of nitrogens with zero attached hydrogens (tertiary/aromatic N) is 2. The van der Waals surface area contributed by atoms with E-state index in [0.717, 1.165) is 26.2 Å². The van der Waals surface area contributed by atoms with Crippen LogP contribution in [0.4, 0.5) is 5.69 Å². The molecule has 0 saturated heterocycles. The first kappa shape index (κ1) is 17.0. The third-order valence-corrected chi connectivity index (χ3v) is 5.08. The molecule has 1 N–H and O–H groups in total. The summed E-state index contributed by atoms with van der Waals surface area (Å²) in [7, 11) is 6.41. The van der Waals surface area contributed by atoms with Crippen molar-refractivity contribution in [2.24, 2.45) is 0 Å². The van der Waals surface area contributed by atoms with Gasteiger partial charge in [0.1, 0.15) is 0 Å². The average molecular weight is 323 g/mol. The van der Waals surface area contributed by atoms with Crippen molar-refractivity contribution in [3.63, 3.8) is 0 Å². The van der Waals surface area contributed by atoms with Gasteiger partial charge in [0.2, 0.25) is 0 Å². The van der Waals surface area contributed by atoms with Crippen molar-refractivity contribution in [3.05, 3.63) is 65.2 Å². The Kier molecular flexibility index (Phi) is 5.54. The lowest BCUT2D eigenvalue weighted by atomic mass is 9.86. The van der Waals surface area contributed by atoms with Crippen LogP contribution in [0.15, 0.2) is 48.5 Å². The first-order chi connectivity index (χ1) is 11.7. The molecule has 1 atom stereocenters. The molecule has 3 nitrogen and oxygen atoms in total. The molecular weight excluding hydrogens is 294 g/mol. The monoisotopic (exact) mass is 323 g/mol. The molecule has 2 aromatic carbocycles. The quantitative estimate of drug-likeness (QED) is 0.911. The summed E-state index contributed by atoms with van der Waals surface area (Å²) in [5, 5.41) is 3.23. The van der Waals surface area contributed by atoms with E-state index < -0.39 is 0 Å². The topological polar surface area (TPSA) is 18.5 Å². The summed E-state index contributed by atoms with van der Waals surface area (Å²) >= 11 is 0. The Bertz CT molecular complexity index is 653. The first-order valence-corrected chi connectivity index (χ1v) is 8.91. The number of anilines is 1. The number of rotatable bonds is 5. The zero-order valence-corrected chi connectivity index (χ0v) is 15.1. The first-order valence-electron chi connectivity index (χ1n) is 8.91. The molecule has 0 amide bonds. The maximum atomic E-state index is 3.23. The molecule has 0 fully saturated rings. The predicted octanol–water partition coefficient (Wildman–Crippen LogP) is 3.31. The Morgan fingerprint density at radius 3 is 2.71 bits per heavy atom. The molecule has 3 rings (SSSR count). The molecule has 0 radical (unpaired) electrons. The van der Waals surface area contributed by atoms with Crippen LogP contribution in [0.5, 0.6) is 0 Å². The summed E-state index contributed by atoms with van der Waals surface area (Å²) in [5.74, 6) is 0.503. The van der Waals surface area contributed by atoms with Gasteiger partial charge in [0, 0.05) is 38.3 Å². The van der Waals surface area contributed by atoms with Crippen molar-refractivity contribution in [2.45, 2.75) is 18.9 Å². The number of hydrogen-bond donors (Lipinski definition) is 1. The minimum atomic E-state index is 0.503. The molecule has 0 aliphatic carbocycles. The lowest BCUT2D eigenvalue weighted by Crippen LogP contribution is -2.27. The van der Waals surface area contributed by atoms with Gasteiger partial charge in [-0.05, 0) is 55.9 Å². The van der Waals surface area contributed by atoms with Crippen LogP contribution in [0, 0.1) is 0 Å². The van der Waals surface area contributed by atoms with E-state index in [1.54, 1.807) is 0 Å². The van der Waals surface area contributed by atoms with Crippen molar-refractivity contribution in [2.75, 3.05) is 45.7 Å². The van der Waals surface area contributed by atoms with Crippen LogP contribution in [0.3, 0.4) is 0 Å². The van der Waals surface area contributed by atoms with E-state index in [0.29, 0.717) is 5.92 Å². The highest BCUT2D eigenvalue weighted by atomic mass is 15.1. The van der Waals surface area contributed by atoms with Gasteiger partial charge >= 0.3 is 0 Å². The van der Waals surface area contributed by atoms with Crippen LogP contribution in [0.2, 0.25) is 0 Å². The second-order valence-corrected chi connectivity index (χ2v) is 6.90. The molecule has 24 heavy (non-hydrogen) atoms. The van der Waals surface area contributed by atoms with Gasteiger partial charge in [-0.2, -0.15) is 0 Å². The molecule has 1 heterocycles. The maximum absolute atomic E-state index is 3.23. The van der Waals surface area contributed by atoms with Crippen LogP contribution < -0.4 is 10.2 Å². The van der Waals surface area contributed by atoms with Gasteiger partial charge in [0.25, 0.3) is 0 Å². The summed E-state index contributed by atoms with van der Waals surface area (Å²) in [6.07, 6.45) is 1.18. The average Bonchev–Trinajstić information content (AvgIpc) is 2.78. The van der Waals surface area contributed by atoms with Gasteiger partial charge in [-0.3, -0.25) is 0 Å². The number of likely N-dealkylation sites (N-methyl/N-ethyl adjacent to an activating group) is 2. The Morgan fingerprint density at radius 2 is 1.96 bits per heavy atom. The zero-order chi connectivity index (χ0) is 16.9. The highest BCUT2D eigenvalue weighted by Gasteiger charge is 2.22. The molecular formula is C21H29N3. The summed E-state index contributed by atoms with van der Waals surface area (Å²) in [6.45, 7) is 4.19. The van der Waals surface area contributed by atoms with Crippen molar-refractivity contribution < 1.29 is 0 Å². The smallest absolute Gasteiger partial charge is 0.0367 e. The molecule has 0 spiro atoms. The van der Waals surface area contributed by atoms with Crippen LogP contribution >= 0.6 is 0 Å². The van der Waals surface area contributed by atoms with E-state index in [9.17, 15) is 0 Å². The molecule has 1 unspecified atom stereocenters. The molecule has 128 valence electrons. The fourth-order valence-corrected chi connectivity index (χ4v) is 3.62. The Balaban J connectivity index is 1.94. The van der Waals surface area contributed by atoms with Gasteiger partial charge in [0.05, 0.1) is 0 Å². The van der Waals surface area contributed by atoms with E-state index in [-0.39, 0.29) is 0 Å².